The third-order valence-electron chi connectivity index (χ3n) is 13.0. The maximum absolute atomic E-state index is 9.56. The van der Waals surface area contributed by atoms with Gasteiger partial charge in [0.25, 0.3) is 0 Å². The summed E-state index contributed by atoms with van der Waals surface area (Å²) in [5.74, 6) is 0. The van der Waals surface area contributed by atoms with E-state index in [1.165, 1.54) is 66.8 Å². The minimum Gasteiger partial charge on any atom is -0.334 e. The second-order valence-electron chi connectivity index (χ2n) is 17.6. The largest absolute Gasteiger partial charge is 0.334 e. The first-order chi connectivity index (χ1) is 27.8. The van der Waals surface area contributed by atoms with Crippen LogP contribution in [-0.4, -0.2) is 6.04 Å². The van der Waals surface area contributed by atoms with Crippen LogP contribution in [0.3, 0.4) is 0 Å². The summed E-state index contributed by atoms with van der Waals surface area (Å²) in [6, 6.07) is 47.9. The maximum Gasteiger partial charge on any atom is 0.0991 e. The van der Waals surface area contributed by atoms with Crippen LogP contribution in [0.2, 0.25) is 0 Å². The molecular formula is C54H48N4. The highest BCUT2D eigenvalue weighted by Crippen LogP contribution is 2.59. The molecule has 1 atom stereocenters. The van der Waals surface area contributed by atoms with Crippen LogP contribution < -0.4 is 9.80 Å². The molecule has 4 heteroatoms. The quantitative estimate of drug-likeness (QED) is 0.170. The predicted molar refractivity (Wildman–Crippen MR) is 239 cm³/mol. The second kappa shape index (κ2) is 13.5. The fourth-order valence-corrected chi connectivity index (χ4v) is 9.89. The van der Waals surface area contributed by atoms with Crippen molar-refractivity contribution in [3.8, 4) is 23.3 Å². The molecule has 0 aliphatic heterocycles. The average molecular weight is 753 g/mol. The molecule has 9 rings (SSSR count). The number of benzene rings is 6. The summed E-state index contributed by atoms with van der Waals surface area (Å²) in [4.78, 5) is 4.77. The number of nitrogens with zero attached hydrogens (tertiary/aromatic N) is 4. The van der Waals surface area contributed by atoms with Crippen molar-refractivity contribution in [3.05, 3.63) is 189 Å². The smallest absolute Gasteiger partial charge is 0.0991 e. The fraction of sp³-hybridized carbons (Fsp3) is 0.222. The zero-order valence-corrected chi connectivity index (χ0v) is 34.7. The molecule has 0 radical (unpaired) electrons. The van der Waals surface area contributed by atoms with Crippen LogP contribution in [-0.2, 0) is 10.8 Å². The van der Waals surface area contributed by atoms with E-state index in [4.69, 9.17) is 0 Å². The third-order valence-corrected chi connectivity index (χ3v) is 13.0. The van der Waals surface area contributed by atoms with Crippen molar-refractivity contribution in [1.29, 1.82) is 10.5 Å². The number of hydrogen-bond acceptors (Lipinski definition) is 4. The van der Waals surface area contributed by atoms with Gasteiger partial charge in [-0.15, -0.1) is 0 Å². The standard InChI is InChI=1S/C54H48N4/c1-33-9-17-39(18-10-33)57(41-21-13-37(31-55)14-22-41)43-25-35(3)51-45-29-48-46(30-47(45)53(5,6)49(51)27-43)52-36(4)26-44(28-50(52)54(48,7)8)58(40-19-11-34(2)12-20-40)42-23-15-38(32-56)16-24-42/h9-25,27-30,44H,26H2,1-8H3. The summed E-state index contributed by atoms with van der Waals surface area (Å²) in [5, 5.41) is 19.1. The molecule has 0 amide bonds. The van der Waals surface area contributed by atoms with Crippen LogP contribution >= 0.6 is 0 Å². The lowest BCUT2D eigenvalue weighted by Gasteiger charge is -2.37. The Morgan fingerprint density at radius 3 is 1.57 bits per heavy atom. The Balaban J connectivity index is 1.15. The van der Waals surface area contributed by atoms with Gasteiger partial charge in [-0.2, -0.15) is 10.5 Å². The average Bonchev–Trinajstić information content (AvgIpc) is 3.58. The number of fused-ring (bicyclic) bond motifs is 6. The lowest BCUT2D eigenvalue weighted by atomic mass is 9.77. The zero-order valence-electron chi connectivity index (χ0n) is 34.7. The van der Waals surface area contributed by atoms with Gasteiger partial charge in [0, 0.05) is 39.3 Å². The number of rotatable bonds is 6. The van der Waals surface area contributed by atoms with E-state index in [1.54, 1.807) is 0 Å². The summed E-state index contributed by atoms with van der Waals surface area (Å²) in [7, 11) is 0. The van der Waals surface area contributed by atoms with E-state index in [9.17, 15) is 10.5 Å². The second-order valence-corrected chi connectivity index (χ2v) is 17.6. The van der Waals surface area contributed by atoms with Crippen LogP contribution in [0.15, 0.2) is 139 Å². The molecular weight excluding hydrogens is 705 g/mol. The molecule has 0 spiro atoms. The molecule has 284 valence electrons. The molecule has 3 aliphatic carbocycles. The number of nitriles is 2. The van der Waals surface area contributed by atoms with Crippen molar-refractivity contribution in [1.82, 2.24) is 0 Å². The predicted octanol–water partition coefficient (Wildman–Crippen LogP) is 13.7. The summed E-state index contributed by atoms with van der Waals surface area (Å²) in [6.07, 6.45) is 3.43. The Kier molecular flexibility index (Phi) is 8.61. The van der Waals surface area contributed by atoms with Crippen molar-refractivity contribution >= 4 is 34.0 Å². The first-order valence-electron chi connectivity index (χ1n) is 20.3. The third kappa shape index (κ3) is 5.78. The molecule has 6 aromatic rings. The van der Waals surface area contributed by atoms with Crippen LogP contribution in [0.1, 0.15) is 91.1 Å². The number of anilines is 5. The van der Waals surface area contributed by atoms with Gasteiger partial charge in [-0.05, 0) is 181 Å². The van der Waals surface area contributed by atoms with E-state index in [1.807, 2.05) is 36.4 Å². The summed E-state index contributed by atoms with van der Waals surface area (Å²) >= 11 is 0. The molecule has 1 unspecified atom stereocenters. The molecule has 0 aromatic heterocycles. The van der Waals surface area contributed by atoms with E-state index in [0.717, 1.165) is 34.9 Å². The van der Waals surface area contributed by atoms with Crippen LogP contribution in [0.5, 0.6) is 0 Å². The van der Waals surface area contributed by atoms with E-state index in [-0.39, 0.29) is 16.9 Å². The number of allylic oxidation sites excluding steroid dienone is 2. The first-order valence-corrected chi connectivity index (χ1v) is 20.3. The summed E-state index contributed by atoms with van der Waals surface area (Å²) in [6.45, 7) is 18.4. The van der Waals surface area contributed by atoms with Gasteiger partial charge in [0.1, 0.15) is 0 Å². The Bertz CT molecular complexity index is 2780. The monoisotopic (exact) mass is 752 g/mol. The number of aryl methyl sites for hydroxylation is 3. The Hall–Kier alpha value is -6.62. The van der Waals surface area contributed by atoms with Gasteiger partial charge in [-0.1, -0.05) is 74.7 Å². The van der Waals surface area contributed by atoms with Gasteiger partial charge in [-0.25, -0.2) is 0 Å². The highest BCUT2D eigenvalue weighted by molar-refractivity contribution is 5.97. The zero-order chi connectivity index (χ0) is 40.7. The fourth-order valence-electron chi connectivity index (χ4n) is 9.89. The van der Waals surface area contributed by atoms with Crippen molar-refractivity contribution in [2.45, 2.75) is 78.7 Å². The van der Waals surface area contributed by atoms with Gasteiger partial charge < -0.3 is 9.80 Å². The Morgan fingerprint density at radius 1 is 0.534 bits per heavy atom. The van der Waals surface area contributed by atoms with E-state index < -0.39 is 0 Å². The Labute approximate surface area is 343 Å². The Morgan fingerprint density at radius 2 is 1.02 bits per heavy atom. The maximum atomic E-state index is 9.56. The van der Waals surface area contributed by atoms with Gasteiger partial charge >= 0.3 is 0 Å². The van der Waals surface area contributed by atoms with Crippen LogP contribution in [0.25, 0.3) is 16.7 Å². The first kappa shape index (κ1) is 37.0. The molecule has 58 heavy (non-hydrogen) atoms. The summed E-state index contributed by atoms with van der Waals surface area (Å²) in [5.41, 5.74) is 22.4. The number of hydrogen-bond donors (Lipinski definition) is 0. The van der Waals surface area contributed by atoms with E-state index in [0.29, 0.717) is 11.1 Å². The van der Waals surface area contributed by atoms with Gasteiger partial charge in [0.2, 0.25) is 0 Å². The molecule has 0 fully saturated rings. The molecule has 0 bridgehead atoms. The highest BCUT2D eigenvalue weighted by Gasteiger charge is 2.46. The minimum atomic E-state index is -0.232. The van der Waals surface area contributed by atoms with E-state index in [2.05, 4.69) is 168 Å². The van der Waals surface area contributed by atoms with Crippen molar-refractivity contribution < 1.29 is 0 Å². The normalized spacial score (nSPS) is 16.7. The van der Waals surface area contributed by atoms with Crippen molar-refractivity contribution in [2.75, 3.05) is 9.80 Å². The van der Waals surface area contributed by atoms with Crippen LogP contribution in [0.4, 0.5) is 28.4 Å². The molecule has 0 N–H and O–H groups in total. The highest BCUT2D eigenvalue weighted by atomic mass is 15.2. The molecule has 0 saturated heterocycles. The van der Waals surface area contributed by atoms with Gasteiger partial charge in [-0.3, -0.25) is 0 Å². The van der Waals surface area contributed by atoms with Gasteiger partial charge in [0.15, 0.2) is 0 Å². The lowest BCUT2D eigenvalue weighted by Crippen LogP contribution is -2.33. The molecule has 3 aliphatic rings. The van der Waals surface area contributed by atoms with Gasteiger partial charge in [0.05, 0.1) is 29.3 Å². The van der Waals surface area contributed by atoms with E-state index >= 15 is 0 Å². The summed E-state index contributed by atoms with van der Waals surface area (Å²) < 4.78 is 0. The van der Waals surface area contributed by atoms with Crippen molar-refractivity contribution in [2.24, 2.45) is 0 Å². The minimum absolute atomic E-state index is 0.111. The molecule has 6 aromatic carbocycles. The molecule has 0 heterocycles. The molecule has 4 nitrogen and oxygen atoms in total. The lowest BCUT2D eigenvalue weighted by molar-refractivity contribution is 0.638. The topological polar surface area (TPSA) is 54.1 Å². The molecule has 0 saturated carbocycles. The van der Waals surface area contributed by atoms with Crippen molar-refractivity contribution in [3.63, 3.8) is 0 Å². The van der Waals surface area contributed by atoms with Crippen LogP contribution in [0, 0.1) is 43.4 Å². The SMILES string of the molecule is CC1=C2C(=CC(N(c3ccc(C)cc3)c3ccc(C#N)cc3)C1)C(C)(C)c1cc3c(cc12)C(C)(C)c1cc(N(c2ccc(C)cc2)c2ccc(C#N)cc2)cc(C)c1-3.